The Kier molecular flexibility index (Phi) is 8.56. The van der Waals surface area contributed by atoms with Gasteiger partial charge in [0.05, 0.1) is 5.02 Å². The van der Waals surface area contributed by atoms with Crippen molar-refractivity contribution in [2.24, 2.45) is 4.99 Å². The number of hydrogen-bond acceptors (Lipinski definition) is 3. The summed E-state index contributed by atoms with van der Waals surface area (Å²) in [6.45, 7) is 2.31. The third-order valence-corrected chi connectivity index (χ3v) is 4.73. The van der Waals surface area contributed by atoms with Gasteiger partial charge in [-0.3, -0.25) is 4.99 Å². The van der Waals surface area contributed by atoms with Crippen LogP contribution in [-0.4, -0.2) is 43.7 Å². The van der Waals surface area contributed by atoms with E-state index >= 15 is 0 Å². The molecule has 0 amide bonds. The van der Waals surface area contributed by atoms with Crippen LogP contribution in [0.25, 0.3) is 0 Å². The predicted octanol–water partition coefficient (Wildman–Crippen LogP) is 3.48. The first-order valence-corrected chi connectivity index (χ1v) is 9.11. The molecule has 0 aliphatic carbocycles. The molecular formula is C19H24ClFIN5. The minimum atomic E-state index is -0.170. The Morgan fingerprint density at radius 1 is 1.33 bits per heavy atom. The smallest absolute Gasteiger partial charge is 0.191 e. The number of aromatic nitrogens is 1. The van der Waals surface area contributed by atoms with Gasteiger partial charge in [0, 0.05) is 38.9 Å². The normalized spacial score (nSPS) is 16.8. The van der Waals surface area contributed by atoms with Gasteiger partial charge in [-0.15, -0.1) is 24.0 Å². The van der Waals surface area contributed by atoms with Gasteiger partial charge < -0.3 is 15.5 Å². The molecule has 5 nitrogen and oxygen atoms in total. The second-order valence-electron chi connectivity index (χ2n) is 6.23. The SMILES string of the molecule is CN=C(NCCc1ccccc1F)NC1CCN(c2ncccc2Cl)C1.I. The second kappa shape index (κ2) is 10.7. The number of anilines is 1. The quantitative estimate of drug-likeness (QED) is 0.373. The molecule has 1 aliphatic heterocycles. The van der Waals surface area contributed by atoms with Crippen molar-refractivity contribution >= 4 is 47.4 Å². The molecule has 1 atom stereocenters. The topological polar surface area (TPSA) is 52.6 Å². The first kappa shape index (κ1) is 21.7. The summed E-state index contributed by atoms with van der Waals surface area (Å²) in [5, 5.41) is 7.34. The highest BCUT2D eigenvalue weighted by Crippen LogP contribution is 2.25. The molecule has 2 heterocycles. The van der Waals surface area contributed by atoms with Crippen molar-refractivity contribution in [1.29, 1.82) is 0 Å². The number of halogens is 3. The van der Waals surface area contributed by atoms with Crippen molar-refractivity contribution in [1.82, 2.24) is 15.6 Å². The van der Waals surface area contributed by atoms with Gasteiger partial charge in [0.15, 0.2) is 5.96 Å². The van der Waals surface area contributed by atoms with Crippen molar-refractivity contribution in [3.63, 3.8) is 0 Å². The van der Waals surface area contributed by atoms with E-state index in [2.05, 4.69) is 25.5 Å². The standard InChI is InChI=1S/C19H23ClFN5.HI/c1-22-19(24-11-8-14-5-2-3-7-17(14)21)25-15-9-12-26(13-15)18-16(20)6-4-10-23-18;/h2-7,10,15H,8-9,11-13H2,1H3,(H2,22,24,25);1H. The number of pyridine rings is 1. The van der Waals surface area contributed by atoms with Gasteiger partial charge in [0.25, 0.3) is 0 Å². The second-order valence-corrected chi connectivity index (χ2v) is 6.63. The third kappa shape index (κ3) is 5.93. The zero-order valence-corrected chi connectivity index (χ0v) is 18.2. The van der Waals surface area contributed by atoms with Crippen LogP contribution in [0.3, 0.4) is 0 Å². The van der Waals surface area contributed by atoms with Gasteiger partial charge in [-0.25, -0.2) is 9.37 Å². The molecule has 0 spiro atoms. The lowest BCUT2D eigenvalue weighted by molar-refractivity contribution is 0.604. The molecule has 0 bridgehead atoms. The number of aliphatic imine (C=N–C) groups is 1. The fourth-order valence-electron chi connectivity index (χ4n) is 3.09. The van der Waals surface area contributed by atoms with E-state index in [1.807, 2.05) is 18.2 Å². The van der Waals surface area contributed by atoms with Gasteiger partial charge in [0.1, 0.15) is 11.6 Å². The molecule has 8 heteroatoms. The summed E-state index contributed by atoms with van der Waals surface area (Å²) in [5.41, 5.74) is 0.701. The maximum absolute atomic E-state index is 13.7. The Morgan fingerprint density at radius 3 is 2.89 bits per heavy atom. The van der Waals surface area contributed by atoms with Gasteiger partial charge in [-0.1, -0.05) is 29.8 Å². The van der Waals surface area contributed by atoms with Crippen molar-refractivity contribution in [3.05, 3.63) is 59.0 Å². The fourth-order valence-corrected chi connectivity index (χ4v) is 3.33. The van der Waals surface area contributed by atoms with Gasteiger partial charge in [0.2, 0.25) is 0 Å². The minimum Gasteiger partial charge on any atom is -0.356 e. The Bertz CT molecular complexity index is 773. The zero-order chi connectivity index (χ0) is 18.4. The van der Waals surface area contributed by atoms with Crippen LogP contribution in [0.15, 0.2) is 47.6 Å². The van der Waals surface area contributed by atoms with Gasteiger partial charge >= 0.3 is 0 Å². The van der Waals surface area contributed by atoms with E-state index in [0.717, 1.165) is 31.3 Å². The van der Waals surface area contributed by atoms with E-state index in [1.54, 1.807) is 25.4 Å². The lowest BCUT2D eigenvalue weighted by atomic mass is 10.1. The molecule has 1 fully saturated rings. The summed E-state index contributed by atoms with van der Waals surface area (Å²) >= 11 is 6.23. The van der Waals surface area contributed by atoms with Crippen molar-refractivity contribution in [3.8, 4) is 0 Å². The molecule has 0 radical (unpaired) electrons. The number of nitrogens with zero attached hydrogens (tertiary/aromatic N) is 3. The Labute approximate surface area is 181 Å². The van der Waals surface area contributed by atoms with Crippen LogP contribution in [0.5, 0.6) is 0 Å². The first-order chi connectivity index (χ1) is 12.7. The summed E-state index contributed by atoms with van der Waals surface area (Å²) in [7, 11) is 1.74. The van der Waals surface area contributed by atoms with Crippen LogP contribution < -0.4 is 15.5 Å². The number of hydrogen-bond donors (Lipinski definition) is 2. The highest BCUT2D eigenvalue weighted by Gasteiger charge is 2.25. The number of rotatable bonds is 5. The number of benzene rings is 1. The fraction of sp³-hybridized carbons (Fsp3) is 0.368. The Morgan fingerprint density at radius 2 is 2.15 bits per heavy atom. The lowest BCUT2D eigenvalue weighted by Gasteiger charge is -2.20. The Hall–Kier alpha value is -1.61. The predicted molar refractivity (Wildman–Crippen MR) is 120 cm³/mol. The third-order valence-electron chi connectivity index (χ3n) is 4.44. The van der Waals surface area contributed by atoms with Crippen LogP contribution in [-0.2, 0) is 6.42 Å². The molecule has 1 saturated heterocycles. The van der Waals surface area contributed by atoms with E-state index in [4.69, 9.17) is 11.6 Å². The van der Waals surface area contributed by atoms with E-state index in [0.29, 0.717) is 23.6 Å². The maximum Gasteiger partial charge on any atom is 0.191 e. The molecule has 27 heavy (non-hydrogen) atoms. The van der Waals surface area contributed by atoms with E-state index in [-0.39, 0.29) is 35.8 Å². The molecule has 0 saturated carbocycles. The molecule has 146 valence electrons. The molecule has 2 N–H and O–H groups in total. The number of guanidine groups is 1. The molecule has 1 aliphatic rings. The lowest BCUT2D eigenvalue weighted by Crippen LogP contribution is -2.45. The highest BCUT2D eigenvalue weighted by atomic mass is 127. The van der Waals surface area contributed by atoms with Crippen LogP contribution in [0.1, 0.15) is 12.0 Å². The van der Waals surface area contributed by atoms with Gasteiger partial charge in [-0.05, 0) is 36.6 Å². The van der Waals surface area contributed by atoms with Crippen LogP contribution in [0.4, 0.5) is 10.2 Å². The van der Waals surface area contributed by atoms with Crippen molar-refractivity contribution < 1.29 is 4.39 Å². The average molecular weight is 504 g/mol. The first-order valence-electron chi connectivity index (χ1n) is 8.73. The minimum absolute atomic E-state index is 0. The van der Waals surface area contributed by atoms with Crippen LogP contribution in [0.2, 0.25) is 5.02 Å². The summed E-state index contributed by atoms with van der Waals surface area (Å²) in [4.78, 5) is 10.8. The summed E-state index contributed by atoms with van der Waals surface area (Å²) in [5.74, 6) is 1.37. The molecule has 1 aromatic heterocycles. The summed E-state index contributed by atoms with van der Waals surface area (Å²) < 4.78 is 13.7. The molecule has 1 aromatic carbocycles. The number of nitrogens with one attached hydrogen (secondary N) is 2. The van der Waals surface area contributed by atoms with Crippen LogP contribution >= 0.6 is 35.6 Å². The molecule has 3 rings (SSSR count). The monoisotopic (exact) mass is 503 g/mol. The van der Waals surface area contributed by atoms with E-state index in [9.17, 15) is 4.39 Å². The van der Waals surface area contributed by atoms with Crippen molar-refractivity contribution in [2.45, 2.75) is 18.9 Å². The van der Waals surface area contributed by atoms with E-state index < -0.39 is 0 Å². The van der Waals surface area contributed by atoms with Crippen molar-refractivity contribution in [2.75, 3.05) is 31.6 Å². The zero-order valence-electron chi connectivity index (χ0n) is 15.2. The summed E-state index contributed by atoms with van der Waals surface area (Å²) in [6, 6.07) is 10.8. The largest absolute Gasteiger partial charge is 0.356 e. The van der Waals surface area contributed by atoms with Crippen LogP contribution in [0, 0.1) is 5.82 Å². The molecule has 2 aromatic rings. The summed E-state index contributed by atoms with van der Waals surface area (Å²) in [6.07, 6.45) is 3.33. The molecule has 1 unspecified atom stereocenters. The van der Waals surface area contributed by atoms with Gasteiger partial charge in [-0.2, -0.15) is 0 Å². The Balaban J connectivity index is 0.00000261. The highest BCUT2D eigenvalue weighted by molar-refractivity contribution is 14.0. The van der Waals surface area contributed by atoms with E-state index in [1.165, 1.54) is 6.07 Å². The molecular weight excluding hydrogens is 480 g/mol. The average Bonchev–Trinajstić information content (AvgIpc) is 3.11. The maximum atomic E-state index is 13.7.